The fourth-order valence-corrected chi connectivity index (χ4v) is 2.27. The minimum Gasteiger partial charge on any atom is -0.469 e. The summed E-state index contributed by atoms with van der Waals surface area (Å²) in [5.41, 5.74) is 1.49. The van der Waals surface area contributed by atoms with Gasteiger partial charge in [0.05, 0.1) is 6.26 Å². The summed E-state index contributed by atoms with van der Waals surface area (Å²) in [4.78, 5) is 0. The first kappa shape index (κ1) is 9.78. The SMILES string of the molecule is Cc1coc(CC2CCNC2(C)C)c1. The maximum Gasteiger partial charge on any atom is 0.104 e. The van der Waals surface area contributed by atoms with Crippen LogP contribution in [0.5, 0.6) is 0 Å². The lowest BCUT2D eigenvalue weighted by Gasteiger charge is -2.26. The summed E-state index contributed by atoms with van der Waals surface area (Å²) >= 11 is 0. The highest BCUT2D eigenvalue weighted by atomic mass is 16.3. The Balaban J connectivity index is 2.04. The van der Waals surface area contributed by atoms with Crippen molar-refractivity contribution >= 4 is 0 Å². The molecule has 0 aliphatic carbocycles. The topological polar surface area (TPSA) is 25.2 Å². The molecule has 14 heavy (non-hydrogen) atoms. The van der Waals surface area contributed by atoms with Crippen molar-refractivity contribution in [1.82, 2.24) is 5.32 Å². The van der Waals surface area contributed by atoms with E-state index < -0.39 is 0 Å². The highest BCUT2D eigenvalue weighted by molar-refractivity contribution is 5.12. The second-order valence-electron chi connectivity index (χ2n) is 4.93. The van der Waals surface area contributed by atoms with Crippen molar-refractivity contribution in [2.24, 2.45) is 5.92 Å². The molecule has 1 saturated heterocycles. The third kappa shape index (κ3) is 1.85. The molecule has 78 valence electrons. The average Bonchev–Trinajstić information content (AvgIpc) is 2.61. The zero-order valence-electron chi connectivity index (χ0n) is 9.26. The van der Waals surface area contributed by atoms with Gasteiger partial charge in [0.1, 0.15) is 5.76 Å². The monoisotopic (exact) mass is 193 g/mol. The van der Waals surface area contributed by atoms with Crippen LogP contribution in [-0.2, 0) is 6.42 Å². The van der Waals surface area contributed by atoms with Crippen LogP contribution in [0.4, 0.5) is 0 Å². The second-order valence-corrected chi connectivity index (χ2v) is 4.93. The summed E-state index contributed by atoms with van der Waals surface area (Å²) in [5, 5.41) is 3.53. The van der Waals surface area contributed by atoms with Crippen LogP contribution in [0.2, 0.25) is 0 Å². The van der Waals surface area contributed by atoms with Gasteiger partial charge in [0.2, 0.25) is 0 Å². The summed E-state index contributed by atoms with van der Waals surface area (Å²) in [5.74, 6) is 1.83. The Morgan fingerprint density at radius 3 is 2.86 bits per heavy atom. The quantitative estimate of drug-likeness (QED) is 0.780. The van der Waals surface area contributed by atoms with Gasteiger partial charge in [-0.3, -0.25) is 0 Å². The summed E-state index contributed by atoms with van der Waals surface area (Å²) < 4.78 is 5.49. The van der Waals surface area contributed by atoms with Crippen LogP contribution < -0.4 is 5.32 Å². The molecule has 2 heterocycles. The first-order valence-electron chi connectivity index (χ1n) is 5.37. The van der Waals surface area contributed by atoms with Crippen molar-refractivity contribution < 1.29 is 4.42 Å². The highest BCUT2D eigenvalue weighted by Gasteiger charge is 2.34. The molecule has 1 aromatic rings. The normalized spacial score (nSPS) is 25.5. The van der Waals surface area contributed by atoms with E-state index in [9.17, 15) is 0 Å². The van der Waals surface area contributed by atoms with Crippen molar-refractivity contribution in [3.8, 4) is 0 Å². The van der Waals surface area contributed by atoms with Gasteiger partial charge in [-0.25, -0.2) is 0 Å². The van der Waals surface area contributed by atoms with Gasteiger partial charge in [0.15, 0.2) is 0 Å². The molecule has 2 nitrogen and oxygen atoms in total. The van der Waals surface area contributed by atoms with Crippen molar-refractivity contribution in [2.45, 2.75) is 39.2 Å². The van der Waals surface area contributed by atoms with Crippen LogP contribution in [0, 0.1) is 12.8 Å². The van der Waals surface area contributed by atoms with Crippen LogP contribution in [0.15, 0.2) is 16.7 Å². The van der Waals surface area contributed by atoms with Gasteiger partial charge in [0, 0.05) is 12.0 Å². The van der Waals surface area contributed by atoms with Crippen molar-refractivity contribution in [1.29, 1.82) is 0 Å². The van der Waals surface area contributed by atoms with E-state index in [0.29, 0.717) is 5.92 Å². The molecule has 0 radical (unpaired) electrons. The molecule has 0 bridgehead atoms. The number of furan rings is 1. The molecule has 2 heteroatoms. The van der Waals surface area contributed by atoms with Crippen molar-refractivity contribution in [3.05, 3.63) is 23.7 Å². The molecule has 0 aromatic carbocycles. The Labute approximate surface area is 85.7 Å². The molecule has 0 amide bonds. The maximum absolute atomic E-state index is 5.49. The molecule has 1 fully saturated rings. The van der Waals surface area contributed by atoms with Crippen LogP contribution in [0.1, 0.15) is 31.6 Å². The lowest BCUT2D eigenvalue weighted by Crippen LogP contribution is -2.38. The van der Waals surface area contributed by atoms with Gasteiger partial charge < -0.3 is 9.73 Å². The van der Waals surface area contributed by atoms with Crippen LogP contribution >= 0.6 is 0 Å². The minimum absolute atomic E-state index is 0.265. The predicted molar refractivity (Wildman–Crippen MR) is 57.3 cm³/mol. The smallest absolute Gasteiger partial charge is 0.104 e. The Kier molecular flexibility index (Phi) is 2.40. The Hall–Kier alpha value is -0.760. The van der Waals surface area contributed by atoms with Crippen LogP contribution in [-0.4, -0.2) is 12.1 Å². The molecule has 0 saturated carbocycles. The molecule has 1 aliphatic heterocycles. The lowest BCUT2D eigenvalue weighted by atomic mass is 9.86. The van der Waals surface area contributed by atoms with Gasteiger partial charge in [-0.15, -0.1) is 0 Å². The average molecular weight is 193 g/mol. The van der Waals surface area contributed by atoms with E-state index in [1.54, 1.807) is 0 Å². The predicted octanol–water partition coefficient (Wildman–Crippen LogP) is 2.52. The molecule has 2 rings (SSSR count). The van der Waals surface area contributed by atoms with E-state index in [4.69, 9.17) is 4.42 Å². The molecule has 1 atom stereocenters. The molecular formula is C12H19NO. The number of aryl methyl sites for hydroxylation is 1. The fourth-order valence-electron chi connectivity index (χ4n) is 2.27. The summed E-state index contributed by atoms with van der Waals surface area (Å²) in [6, 6.07) is 2.15. The Morgan fingerprint density at radius 1 is 1.57 bits per heavy atom. The van der Waals surface area contributed by atoms with Gasteiger partial charge in [-0.1, -0.05) is 0 Å². The third-order valence-corrected chi connectivity index (χ3v) is 3.33. The fraction of sp³-hybridized carbons (Fsp3) is 0.667. The van der Waals surface area contributed by atoms with Gasteiger partial charge >= 0.3 is 0 Å². The Bertz CT molecular complexity index is 314. The molecule has 1 aromatic heterocycles. The number of hydrogen-bond donors (Lipinski definition) is 1. The van der Waals surface area contributed by atoms with E-state index in [1.807, 2.05) is 6.26 Å². The van der Waals surface area contributed by atoms with E-state index in [1.165, 1.54) is 12.0 Å². The van der Waals surface area contributed by atoms with Crippen molar-refractivity contribution in [3.63, 3.8) is 0 Å². The highest BCUT2D eigenvalue weighted by Crippen LogP contribution is 2.29. The first-order valence-corrected chi connectivity index (χ1v) is 5.37. The largest absolute Gasteiger partial charge is 0.469 e. The first-order chi connectivity index (χ1) is 6.58. The molecule has 1 unspecified atom stereocenters. The van der Waals surface area contributed by atoms with Crippen molar-refractivity contribution in [2.75, 3.05) is 6.54 Å². The van der Waals surface area contributed by atoms with E-state index in [-0.39, 0.29) is 5.54 Å². The summed E-state index contributed by atoms with van der Waals surface area (Å²) in [7, 11) is 0. The van der Waals surface area contributed by atoms with Gasteiger partial charge in [-0.05, 0) is 51.3 Å². The number of rotatable bonds is 2. The summed E-state index contributed by atoms with van der Waals surface area (Å²) in [6.45, 7) is 7.77. The molecule has 0 spiro atoms. The van der Waals surface area contributed by atoms with Gasteiger partial charge in [0.25, 0.3) is 0 Å². The molecule has 1 N–H and O–H groups in total. The lowest BCUT2D eigenvalue weighted by molar-refractivity contribution is 0.314. The second kappa shape index (κ2) is 3.43. The minimum atomic E-state index is 0.265. The number of nitrogens with one attached hydrogen (secondary N) is 1. The van der Waals surface area contributed by atoms with Gasteiger partial charge in [-0.2, -0.15) is 0 Å². The maximum atomic E-state index is 5.49. The van der Waals surface area contributed by atoms with E-state index in [0.717, 1.165) is 18.7 Å². The zero-order chi connectivity index (χ0) is 10.2. The standard InChI is InChI=1S/C12H19NO/c1-9-6-11(14-8-9)7-10-4-5-13-12(10,2)3/h6,8,10,13H,4-5,7H2,1-3H3. The third-order valence-electron chi connectivity index (χ3n) is 3.33. The van der Waals surface area contributed by atoms with E-state index >= 15 is 0 Å². The van der Waals surface area contributed by atoms with Crippen LogP contribution in [0.25, 0.3) is 0 Å². The zero-order valence-corrected chi connectivity index (χ0v) is 9.26. The van der Waals surface area contributed by atoms with Crippen LogP contribution in [0.3, 0.4) is 0 Å². The summed E-state index contributed by atoms with van der Waals surface area (Å²) in [6.07, 6.45) is 4.16. The van der Waals surface area contributed by atoms with E-state index in [2.05, 4.69) is 32.2 Å². The molecular weight excluding hydrogens is 174 g/mol. The number of hydrogen-bond acceptors (Lipinski definition) is 2. The molecule has 1 aliphatic rings. The Morgan fingerprint density at radius 2 is 2.36 bits per heavy atom.